The van der Waals surface area contributed by atoms with Crippen molar-refractivity contribution in [3.63, 3.8) is 0 Å². The van der Waals surface area contributed by atoms with Crippen molar-refractivity contribution in [3.05, 3.63) is 53.3 Å². The van der Waals surface area contributed by atoms with Gasteiger partial charge in [-0.2, -0.15) is 0 Å². The van der Waals surface area contributed by atoms with Crippen molar-refractivity contribution in [2.24, 2.45) is 0 Å². The number of aryl methyl sites for hydroxylation is 1. The number of nitrogen functional groups attached to an aromatic ring is 1. The van der Waals surface area contributed by atoms with Crippen LogP contribution in [-0.2, 0) is 12.8 Å². The third kappa shape index (κ3) is 2.50. The van der Waals surface area contributed by atoms with E-state index in [1.807, 2.05) is 18.2 Å². The molecule has 3 N–H and O–H groups in total. The molecule has 0 saturated carbocycles. The Hall–Kier alpha value is -2.36. The van der Waals surface area contributed by atoms with Crippen LogP contribution in [-0.4, -0.2) is 17.3 Å². The molecule has 4 nitrogen and oxygen atoms in total. The smallest absolute Gasteiger partial charge is 0.167 e. The number of nitrogens with two attached hydrogens (primary N) is 1. The molecule has 0 unspecified atom stereocenters. The lowest BCUT2D eigenvalue weighted by molar-refractivity contribution is 0.0993. The van der Waals surface area contributed by atoms with Crippen LogP contribution < -0.4 is 11.1 Å². The number of benzene rings is 1. The van der Waals surface area contributed by atoms with Gasteiger partial charge >= 0.3 is 0 Å². The topological polar surface area (TPSA) is 68.0 Å². The summed E-state index contributed by atoms with van der Waals surface area (Å²) in [6.45, 7) is 1.01. The number of ketones is 1. The number of hydrogen-bond donors (Lipinski definition) is 2. The predicted octanol–water partition coefficient (Wildman–Crippen LogP) is 2.45. The Labute approximate surface area is 118 Å². The van der Waals surface area contributed by atoms with Crippen LogP contribution in [0.25, 0.3) is 0 Å². The highest BCUT2D eigenvalue weighted by molar-refractivity contribution is 5.98. The van der Waals surface area contributed by atoms with Crippen LogP contribution in [0.4, 0.5) is 11.4 Å². The number of aromatic nitrogens is 1. The van der Waals surface area contributed by atoms with E-state index in [1.54, 1.807) is 18.5 Å². The van der Waals surface area contributed by atoms with Gasteiger partial charge in [-0.05, 0) is 42.7 Å². The first kappa shape index (κ1) is 12.7. The lowest BCUT2D eigenvalue weighted by atomic mass is 9.97. The molecule has 2 heterocycles. The Balaban J connectivity index is 1.82. The van der Waals surface area contributed by atoms with Crippen molar-refractivity contribution in [2.75, 3.05) is 17.6 Å². The summed E-state index contributed by atoms with van der Waals surface area (Å²) in [5.74, 6) is 0.0815. The SMILES string of the molecule is Nc1ccncc1CC(=O)c1ccc2c(c1)CCCN2. The molecule has 1 aromatic heterocycles. The first-order valence-corrected chi connectivity index (χ1v) is 6.82. The molecule has 1 aliphatic heterocycles. The molecule has 0 atom stereocenters. The summed E-state index contributed by atoms with van der Waals surface area (Å²) in [6.07, 6.45) is 5.73. The Morgan fingerprint density at radius 2 is 2.25 bits per heavy atom. The second-order valence-electron chi connectivity index (χ2n) is 5.08. The zero-order chi connectivity index (χ0) is 13.9. The molecule has 1 aromatic carbocycles. The van der Waals surface area contributed by atoms with Crippen molar-refractivity contribution in [2.45, 2.75) is 19.3 Å². The summed E-state index contributed by atoms with van der Waals surface area (Å²) in [5, 5.41) is 3.35. The van der Waals surface area contributed by atoms with Gasteiger partial charge in [-0.25, -0.2) is 0 Å². The normalized spacial score (nSPS) is 13.4. The molecule has 3 rings (SSSR count). The van der Waals surface area contributed by atoms with E-state index in [9.17, 15) is 4.79 Å². The van der Waals surface area contributed by atoms with Crippen LogP contribution >= 0.6 is 0 Å². The van der Waals surface area contributed by atoms with Crippen LogP contribution in [0, 0.1) is 0 Å². The van der Waals surface area contributed by atoms with Gasteiger partial charge in [0.25, 0.3) is 0 Å². The highest BCUT2D eigenvalue weighted by Crippen LogP contribution is 2.24. The van der Waals surface area contributed by atoms with E-state index < -0.39 is 0 Å². The number of fused-ring (bicyclic) bond motifs is 1. The molecule has 0 bridgehead atoms. The second kappa shape index (κ2) is 5.33. The van der Waals surface area contributed by atoms with E-state index in [1.165, 1.54) is 5.56 Å². The minimum atomic E-state index is 0.0815. The lowest BCUT2D eigenvalue weighted by Gasteiger charge is -2.18. The van der Waals surface area contributed by atoms with E-state index in [4.69, 9.17) is 5.73 Å². The van der Waals surface area contributed by atoms with Crippen LogP contribution in [0.1, 0.15) is 27.9 Å². The molecule has 0 aliphatic carbocycles. The number of hydrogen-bond acceptors (Lipinski definition) is 4. The molecule has 102 valence electrons. The Morgan fingerprint density at radius 3 is 3.10 bits per heavy atom. The number of rotatable bonds is 3. The lowest BCUT2D eigenvalue weighted by Crippen LogP contribution is -2.13. The number of anilines is 2. The minimum Gasteiger partial charge on any atom is -0.398 e. The Morgan fingerprint density at radius 1 is 1.35 bits per heavy atom. The monoisotopic (exact) mass is 267 g/mol. The van der Waals surface area contributed by atoms with Gasteiger partial charge in [0, 0.05) is 47.9 Å². The van der Waals surface area contributed by atoms with Crippen LogP contribution in [0.2, 0.25) is 0 Å². The number of carbonyl (C=O) groups is 1. The van der Waals surface area contributed by atoms with Gasteiger partial charge in [0.1, 0.15) is 0 Å². The van der Waals surface area contributed by atoms with Gasteiger partial charge in [-0.1, -0.05) is 0 Å². The maximum Gasteiger partial charge on any atom is 0.167 e. The predicted molar refractivity (Wildman–Crippen MR) is 79.9 cm³/mol. The standard InChI is InChI=1S/C16H17N3O/c17-14-5-7-18-10-13(14)9-16(20)12-3-4-15-11(8-12)2-1-6-19-15/h3-5,7-8,10,19H,1-2,6,9H2,(H2,17,18). The summed E-state index contributed by atoms with van der Waals surface area (Å²) in [7, 11) is 0. The van der Waals surface area contributed by atoms with Crippen LogP contribution in [0.5, 0.6) is 0 Å². The van der Waals surface area contributed by atoms with Gasteiger partial charge in [0.2, 0.25) is 0 Å². The highest BCUT2D eigenvalue weighted by Gasteiger charge is 2.13. The Bertz CT molecular complexity index is 652. The molecule has 0 fully saturated rings. The molecular formula is C16H17N3O. The first-order chi connectivity index (χ1) is 9.74. The van der Waals surface area contributed by atoms with Crippen LogP contribution in [0.15, 0.2) is 36.7 Å². The van der Waals surface area contributed by atoms with Gasteiger partial charge in [0.15, 0.2) is 5.78 Å². The molecule has 0 saturated heterocycles. The van der Waals surface area contributed by atoms with Crippen molar-refractivity contribution in [3.8, 4) is 0 Å². The summed E-state index contributed by atoms with van der Waals surface area (Å²) in [4.78, 5) is 16.4. The van der Waals surface area contributed by atoms with Crippen molar-refractivity contribution >= 4 is 17.2 Å². The van der Waals surface area contributed by atoms with Gasteiger partial charge in [0.05, 0.1) is 0 Å². The fourth-order valence-corrected chi connectivity index (χ4v) is 2.51. The maximum absolute atomic E-state index is 12.3. The Kier molecular flexibility index (Phi) is 3.37. The van der Waals surface area contributed by atoms with E-state index in [2.05, 4.69) is 10.3 Å². The highest BCUT2D eigenvalue weighted by atomic mass is 16.1. The zero-order valence-corrected chi connectivity index (χ0v) is 11.2. The van der Waals surface area contributed by atoms with Gasteiger partial charge in [-0.3, -0.25) is 9.78 Å². The summed E-state index contributed by atoms with van der Waals surface area (Å²) >= 11 is 0. The summed E-state index contributed by atoms with van der Waals surface area (Å²) in [5.41, 5.74) is 10.4. The summed E-state index contributed by atoms with van der Waals surface area (Å²) < 4.78 is 0. The molecule has 2 aromatic rings. The van der Waals surface area contributed by atoms with Crippen molar-refractivity contribution in [1.82, 2.24) is 4.98 Å². The van der Waals surface area contributed by atoms with Gasteiger partial charge < -0.3 is 11.1 Å². The fraction of sp³-hybridized carbons (Fsp3) is 0.250. The number of carbonyl (C=O) groups excluding carboxylic acids is 1. The van der Waals surface area contributed by atoms with Gasteiger partial charge in [-0.15, -0.1) is 0 Å². The molecule has 0 spiro atoms. The van der Waals surface area contributed by atoms with Crippen molar-refractivity contribution in [1.29, 1.82) is 0 Å². The fourth-order valence-electron chi connectivity index (χ4n) is 2.51. The van der Waals surface area contributed by atoms with E-state index in [-0.39, 0.29) is 5.78 Å². The van der Waals surface area contributed by atoms with Crippen molar-refractivity contribution < 1.29 is 4.79 Å². The maximum atomic E-state index is 12.3. The largest absolute Gasteiger partial charge is 0.398 e. The van der Waals surface area contributed by atoms with E-state index >= 15 is 0 Å². The number of nitrogens with zero attached hydrogens (tertiary/aromatic N) is 1. The number of pyridine rings is 1. The number of nitrogens with one attached hydrogen (secondary N) is 1. The average molecular weight is 267 g/mol. The van der Waals surface area contributed by atoms with Crippen LogP contribution in [0.3, 0.4) is 0 Å². The molecule has 0 amide bonds. The molecule has 1 aliphatic rings. The zero-order valence-electron chi connectivity index (χ0n) is 11.2. The first-order valence-electron chi connectivity index (χ1n) is 6.82. The third-order valence-corrected chi connectivity index (χ3v) is 3.66. The second-order valence-corrected chi connectivity index (χ2v) is 5.08. The molecule has 0 radical (unpaired) electrons. The number of Topliss-reactive ketones (excluding diaryl/α,β-unsaturated/α-hetero) is 1. The third-order valence-electron chi connectivity index (χ3n) is 3.66. The minimum absolute atomic E-state index is 0.0815. The van der Waals surface area contributed by atoms with E-state index in [0.717, 1.165) is 36.2 Å². The van der Waals surface area contributed by atoms with E-state index in [0.29, 0.717) is 12.1 Å². The average Bonchev–Trinajstić information content (AvgIpc) is 2.49. The molecular weight excluding hydrogens is 250 g/mol. The quantitative estimate of drug-likeness (QED) is 0.838. The molecule has 20 heavy (non-hydrogen) atoms. The molecule has 4 heteroatoms. The summed E-state index contributed by atoms with van der Waals surface area (Å²) in [6, 6.07) is 7.59.